The van der Waals surface area contributed by atoms with Gasteiger partial charge in [-0.05, 0) is 95.4 Å². The molecule has 0 atom stereocenters. The number of benzene rings is 9. The molecule has 0 saturated carbocycles. The average molecular weight is 753 g/mol. The van der Waals surface area contributed by atoms with Crippen molar-refractivity contribution in [2.45, 2.75) is 19.3 Å². The van der Waals surface area contributed by atoms with Gasteiger partial charge in [0.25, 0.3) is 0 Å². The van der Waals surface area contributed by atoms with Crippen molar-refractivity contribution in [2.24, 2.45) is 0 Å². The first-order chi connectivity index (χ1) is 29.0. The molecule has 0 fully saturated rings. The minimum absolute atomic E-state index is 0.0203. The molecule has 0 aliphatic heterocycles. The van der Waals surface area contributed by atoms with E-state index in [1.54, 1.807) is 0 Å². The quantitative estimate of drug-likeness (QED) is 0.169. The molecule has 2 nitrogen and oxygen atoms in total. The summed E-state index contributed by atoms with van der Waals surface area (Å²) in [4.78, 5) is 10.4. The van der Waals surface area contributed by atoms with Gasteiger partial charge in [0.1, 0.15) is 0 Å². The largest absolute Gasteiger partial charge is 0.228 e. The van der Waals surface area contributed by atoms with Crippen LogP contribution in [-0.2, 0) is 5.41 Å². The van der Waals surface area contributed by atoms with Crippen LogP contribution in [0.4, 0.5) is 0 Å². The molecule has 1 aromatic heterocycles. The standard InChI is InChI=1S/C57H40N2/c1-57(2)52-27-14-13-26-49(52)51-35-40(28-33-53(51)57)42-29-30-47(44-23-10-9-22-43(42)44)48-31-32-50(46-25-12-11-24-45(46)48)55-36-54(58-56(59-55)38-18-7-4-8-19-38)41-21-15-20-39(34-41)37-16-5-3-6-17-37/h3-36H,1-2H3. The Morgan fingerprint density at radius 3 is 1.51 bits per heavy atom. The minimum atomic E-state index is -0.0203. The molecular weight excluding hydrogens is 713 g/mol. The van der Waals surface area contributed by atoms with E-state index in [0.29, 0.717) is 5.82 Å². The van der Waals surface area contributed by atoms with Gasteiger partial charge in [-0.1, -0.05) is 202 Å². The van der Waals surface area contributed by atoms with E-state index in [0.717, 1.165) is 39.0 Å². The predicted molar refractivity (Wildman–Crippen MR) is 247 cm³/mol. The van der Waals surface area contributed by atoms with E-state index in [4.69, 9.17) is 9.97 Å². The van der Waals surface area contributed by atoms with Gasteiger partial charge in [0, 0.05) is 22.1 Å². The number of nitrogens with zero attached hydrogens (tertiary/aromatic N) is 2. The molecule has 0 radical (unpaired) electrons. The zero-order valence-electron chi connectivity index (χ0n) is 33.0. The summed E-state index contributed by atoms with van der Waals surface area (Å²) in [5, 5.41) is 4.82. The van der Waals surface area contributed by atoms with E-state index in [9.17, 15) is 0 Å². The van der Waals surface area contributed by atoms with Gasteiger partial charge in [-0.3, -0.25) is 0 Å². The fraction of sp³-hybridized carbons (Fsp3) is 0.0526. The van der Waals surface area contributed by atoms with Crippen molar-refractivity contribution in [3.8, 4) is 78.4 Å². The highest BCUT2D eigenvalue weighted by atomic mass is 14.9. The van der Waals surface area contributed by atoms with Crippen LogP contribution in [0.5, 0.6) is 0 Å². The highest BCUT2D eigenvalue weighted by Crippen LogP contribution is 2.50. The molecule has 0 amide bonds. The highest BCUT2D eigenvalue weighted by Gasteiger charge is 2.35. The summed E-state index contributed by atoms with van der Waals surface area (Å²) in [5.74, 6) is 0.705. The Morgan fingerprint density at radius 2 is 0.797 bits per heavy atom. The van der Waals surface area contributed by atoms with Crippen LogP contribution in [0.25, 0.3) is 100.0 Å². The lowest BCUT2D eigenvalue weighted by Gasteiger charge is -2.21. The molecule has 10 aromatic rings. The van der Waals surface area contributed by atoms with Gasteiger partial charge in [0.15, 0.2) is 5.82 Å². The molecule has 0 bridgehead atoms. The van der Waals surface area contributed by atoms with E-state index in [1.165, 1.54) is 66.2 Å². The maximum atomic E-state index is 5.26. The Labute approximate surface area is 345 Å². The predicted octanol–water partition coefficient (Wildman–Crippen LogP) is 15.1. The Balaban J connectivity index is 1.05. The number of aromatic nitrogens is 2. The Morgan fingerprint density at radius 1 is 0.288 bits per heavy atom. The van der Waals surface area contributed by atoms with Gasteiger partial charge in [-0.15, -0.1) is 0 Å². The summed E-state index contributed by atoms with van der Waals surface area (Å²) in [5.41, 5.74) is 17.6. The van der Waals surface area contributed by atoms with Crippen LogP contribution in [0.2, 0.25) is 0 Å². The van der Waals surface area contributed by atoms with E-state index >= 15 is 0 Å². The Hall–Kier alpha value is -7.42. The van der Waals surface area contributed by atoms with Crippen molar-refractivity contribution >= 4 is 21.5 Å². The third-order valence-electron chi connectivity index (χ3n) is 12.3. The van der Waals surface area contributed by atoms with Crippen molar-refractivity contribution in [3.05, 3.63) is 217 Å². The topological polar surface area (TPSA) is 25.8 Å². The molecular formula is C57H40N2. The molecule has 11 rings (SSSR count). The third kappa shape index (κ3) is 5.87. The maximum Gasteiger partial charge on any atom is 0.160 e. The molecule has 0 spiro atoms. The number of rotatable bonds is 6. The van der Waals surface area contributed by atoms with Crippen LogP contribution in [-0.4, -0.2) is 9.97 Å². The van der Waals surface area contributed by atoms with Gasteiger partial charge < -0.3 is 0 Å². The lowest BCUT2D eigenvalue weighted by atomic mass is 9.82. The summed E-state index contributed by atoms with van der Waals surface area (Å²) in [6.45, 7) is 4.68. The fourth-order valence-electron chi connectivity index (χ4n) is 9.37. The van der Waals surface area contributed by atoms with Gasteiger partial charge in [0.2, 0.25) is 0 Å². The first-order valence-electron chi connectivity index (χ1n) is 20.4. The summed E-state index contributed by atoms with van der Waals surface area (Å²) >= 11 is 0. The zero-order chi connectivity index (χ0) is 39.5. The van der Waals surface area contributed by atoms with Crippen molar-refractivity contribution in [2.75, 3.05) is 0 Å². The Bertz CT molecular complexity index is 3230. The summed E-state index contributed by atoms with van der Waals surface area (Å²) in [6.07, 6.45) is 0. The van der Waals surface area contributed by atoms with Crippen LogP contribution in [0, 0.1) is 0 Å². The van der Waals surface area contributed by atoms with Crippen LogP contribution in [0.3, 0.4) is 0 Å². The molecule has 1 aliphatic carbocycles. The number of hydrogen-bond acceptors (Lipinski definition) is 2. The number of hydrogen-bond donors (Lipinski definition) is 0. The van der Waals surface area contributed by atoms with Crippen molar-refractivity contribution in [3.63, 3.8) is 0 Å². The monoisotopic (exact) mass is 752 g/mol. The third-order valence-corrected chi connectivity index (χ3v) is 12.3. The second kappa shape index (κ2) is 13.9. The first-order valence-corrected chi connectivity index (χ1v) is 20.4. The molecule has 0 saturated heterocycles. The summed E-state index contributed by atoms with van der Waals surface area (Å²) < 4.78 is 0. The molecule has 1 heterocycles. The molecule has 278 valence electrons. The van der Waals surface area contributed by atoms with E-state index < -0.39 is 0 Å². The molecule has 0 N–H and O–H groups in total. The second-order valence-electron chi connectivity index (χ2n) is 16.1. The van der Waals surface area contributed by atoms with Crippen LogP contribution < -0.4 is 0 Å². The normalized spacial score (nSPS) is 12.7. The zero-order valence-corrected chi connectivity index (χ0v) is 33.0. The molecule has 0 unspecified atom stereocenters. The van der Waals surface area contributed by atoms with Crippen LogP contribution in [0.15, 0.2) is 206 Å². The van der Waals surface area contributed by atoms with Gasteiger partial charge >= 0.3 is 0 Å². The van der Waals surface area contributed by atoms with Crippen molar-refractivity contribution < 1.29 is 0 Å². The van der Waals surface area contributed by atoms with Crippen LogP contribution >= 0.6 is 0 Å². The van der Waals surface area contributed by atoms with Crippen LogP contribution in [0.1, 0.15) is 25.0 Å². The molecule has 2 heteroatoms. The van der Waals surface area contributed by atoms with E-state index in [1.807, 2.05) is 18.2 Å². The smallest absolute Gasteiger partial charge is 0.160 e. The van der Waals surface area contributed by atoms with Crippen molar-refractivity contribution in [1.29, 1.82) is 0 Å². The van der Waals surface area contributed by atoms with Crippen molar-refractivity contribution in [1.82, 2.24) is 9.97 Å². The van der Waals surface area contributed by atoms with Gasteiger partial charge in [0.05, 0.1) is 11.4 Å². The maximum absolute atomic E-state index is 5.26. The van der Waals surface area contributed by atoms with Gasteiger partial charge in [-0.25, -0.2) is 9.97 Å². The van der Waals surface area contributed by atoms with E-state index in [2.05, 4.69) is 202 Å². The molecule has 1 aliphatic rings. The first kappa shape index (κ1) is 34.8. The summed E-state index contributed by atoms with van der Waals surface area (Å²) in [6, 6.07) is 74.4. The second-order valence-corrected chi connectivity index (χ2v) is 16.1. The highest BCUT2D eigenvalue weighted by molar-refractivity contribution is 6.12. The number of fused-ring (bicyclic) bond motifs is 5. The van der Waals surface area contributed by atoms with Gasteiger partial charge in [-0.2, -0.15) is 0 Å². The SMILES string of the molecule is CC1(C)c2ccccc2-c2cc(-c3ccc(-c4ccc(-c5cc(-c6cccc(-c7ccccc7)c6)nc(-c6ccccc6)n5)c5ccccc45)c4ccccc34)ccc21. The molecule has 59 heavy (non-hydrogen) atoms. The Kier molecular flexibility index (Phi) is 8.20. The van der Waals surface area contributed by atoms with E-state index in [-0.39, 0.29) is 5.41 Å². The lowest BCUT2D eigenvalue weighted by molar-refractivity contribution is 0.660. The minimum Gasteiger partial charge on any atom is -0.228 e. The molecule has 9 aromatic carbocycles. The fourth-order valence-corrected chi connectivity index (χ4v) is 9.37. The average Bonchev–Trinajstić information content (AvgIpc) is 3.54. The summed E-state index contributed by atoms with van der Waals surface area (Å²) in [7, 11) is 0. The lowest BCUT2D eigenvalue weighted by Crippen LogP contribution is -2.14.